The molecule has 0 amide bonds. The molecular formula is C10H10N2O3. The van der Waals surface area contributed by atoms with Gasteiger partial charge in [-0.2, -0.15) is 9.97 Å². The average molecular weight is 206 g/mol. The molecule has 0 aliphatic carbocycles. The van der Waals surface area contributed by atoms with Gasteiger partial charge in [-0.05, 0) is 12.1 Å². The van der Waals surface area contributed by atoms with Crippen molar-refractivity contribution < 1.29 is 14.6 Å². The van der Waals surface area contributed by atoms with Crippen molar-refractivity contribution in [1.82, 2.24) is 9.97 Å². The zero-order valence-electron chi connectivity index (χ0n) is 8.39. The van der Waals surface area contributed by atoms with E-state index in [0.717, 1.165) is 0 Å². The Hall–Kier alpha value is -2.04. The Kier molecular flexibility index (Phi) is 2.29. The maximum absolute atomic E-state index is 9.65. The molecule has 1 heterocycles. The molecule has 0 fully saturated rings. The molecule has 0 aliphatic rings. The molecule has 0 radical (unpaired) electrons. The number of benzene rings is 1. The number of aromatic hydroxyl groups is 1. The SMILES string of the molecule is COc1nc(OC)c2c(O)cccc2n1. The van der Waals surface area contributed by atoms with Crippen LogP contribution in [0.5, 0.6) is 17.6 Å². The van der Waals surface area contributed by atoms with E-state index < -0.39 is 0 Å². The molecule has 0 aliphatic heterocycles. The molecule has 0 unspecified atom stereocenters. The fourth-order valence-electron chi connectivity index (χ4n) is 1.35. The average Bonchev–Trinajstić information content (AvgIpc) is 2.27. The molecule has 0 saturated carbocycles. The molecule has 78 valence electrons. The number of phenols is 1. The molecular weight excluding hydrogens is 196 g/mol. The van der Waals surface area contributed by atoms with E-state index in [-0.39, 0.29) is 11.8 Å². The lowest BCUT2D eigenvalue weighted by atomic mass is 10.2. The second kappa shape index (κ2) is 3.61. The Labute approximate surface area is 86.3 Å². The Balaban J connectivity index is 2.81. The van der Waals surface area contributed by atoms with Gasteiger partial charge in [-0.3, -0.25) is 0 Å². The van der Waals surface area contributed by atoms with Gasteiger partial charge in [-0.25, -0.2) is 0 Å². The summed E-state index contributed by atoms with van der Waals surface area (Å²) in [4.78, 5) is 8.07. The van der Waals surface area contributed by atoms with Crippen molar-refractivity contribution in [3.63, 3.8) is 0 Å². The van der Waals surface area contributed by atoms with Gasteiger partial charge in [0, 0.05) is 0 Å². The van der Waals surface area contributed by atoms with Crippen molar-refractivity contribution in [2.45, 2.75) is 0 Å². The highest BCUT2D eigenvalue weighted by molar-refractivity contribution is 5.89. The Bertz CT molecular complexity index is 499. The second-order valence-corrected chi connectivity index (χ2v) is 2.89. The molecule has 1 aromatic heterocycles. The number of rotatable bonds is 2. The topological polar surface area (TPSA) is 64.5 Å². The fraction of sp³-hybridized carbons (Fsp3) is 0.200. The van der Waals surface area contributed by atoms with Crippen molar-refractivity contribution in [2.75, 3.05) is 14.2 Å². The number of hydrogen-bond acceptors (Lipinski definition) is 5. The van der Waals surface area contributed by atoms with E-state index in [9.17, 15) is 5.11 Å². The van der Waals surface area contributed by atoms with Crippen LogP contribution in [-0.2, 0) is 0 Å². The van der Waals surface area contributed by atoms with Gasteiger partial charge < -0.3 is 14.6 Å². The third-order valence-electron chi connectivity index (χ3n) is 2.02. The first kappa shape index (κ1) is 9.51. The molecule has 1 aromatic carbocycles. The summed E-state index contributed by atoms with van der Waals surface area (Å²) in [6.45, 7) is 0. The molecule has 0 atom stereocenters. The third kappa shape index (κ3) is 1.52. The van der Waals surface area contributed by atoms with Gasteiger partial charge in [0.2, 0.25) is 5.88 Å². The first-order chi connectivity index (χ1) is 7.26. The summed E-state index contributed by atoms with van der Waals surface area (Å²) in [6.07, 6.45) is 0. The first-order valence-electron chi connectivity index (χ1n) is 4.34. The predicted molar refractivity (Wildman–Crippen MR) is 54.3 cm³/mol. The van der Waals surface area contributed by atoms with E-state index in [1.807, 2.05) is 0 Å². The molecule has 5 heteroatoms. The van der Waals surface area contributed by atoms with E-state index in [4.69, 9.17) is 9.47 Å². The van der Waals surface area contributed by atoms with Crippen molar-refractivity contribution in [3.8, 4) is 17.6 Å². The number of aromatic nitrogens is 2. The van der Waals surface area contributed by atoms with Crippen LogP contribution in [0.3, 0.4) is 0 Å². The molecule has 0 bridgehead atoms. The summed E-state index contributed by atoms with van der Waals surface area (Å²) in [5, 5.41) is 10.1. The largest absolute Gasteiger partial charge is 0.507 e. The molecule has 2 rings (SSSR count). The minimum absolute atomic E-state index is 0.0898. The summed E-state index contributed by atoms with van der Waals surface area (Å²) in [6, 6.07) is 5.22. The molecule has 15 heavy (non-hydrogen) atoms. The summed E-state index contributed by atoms with van der Waals surface area (Å²) < 4.78 is 9.98. The number of phenolic OH excluding ortho intramolecular Hbond substituents is 1. The van der Waals surface area contributed by atoms with Crippen molar-refractivity contribution in [3.05, 3.63) is 18.2 Å². The molecule has 0 saturated heterocycles. The van der Waals surface area contributed by atoms with Gasteiger partial charge in [0.05, 0.1) is 19.7 Å². The zero-order chi connectivity index (χ0) is 10.8. The minimum Gasteiger partial charge on any atom is -0.507 e. The van der Waals surface area contributed by atoms with Crippen LogP contribution in [0.25, 0.3) is 10.9 Å². The Morgan fingerprint density at radius 2 is 1.93 bits per heavy atom. The molecule has 2 aromatic rings. The molecule has 1 N–H and O–H groups in total. The summed E-state index contributed by atoms with van der Waals surface area (Å²) in [5.41, 5.74) is 0.582. The van der Waals surface area contributed by atoms with Crippen LogP contribution < -0.4 is 9.47 Å². The van der Waals surface area contributed by atoms with Gasteiger partial charge in [0.1, 0.15) is 11.1 Å². The number of ether oxygens (including phenoxy) is 2. The number of nitrogens with zero attached hydrogens (tertiary/aromatic N) is 2. The standard InChI is InChI=1S/C10H10N2O3/c1-14-9-8-6(4-3-5-7(8)13)11-10(12-9)15-2/h3-5,13H,1-2H3. The Morgan fingerprint density at radius 3 is 2.60 bits per heavy atom. The zero-order valence-corrected chi connectivity index (χ0v) is 8.39. The lowest BCUT2D eigenvalue weighted by molar-refractivity contribution is 0.356. The highest BCUT2D eigenvalue weighted by Crippen LogP contribution is 2.31. The number of methoxy groups -OCH3 is 2. The van der Waals surface area contributed by atoms with Gasteiger partial charge >= 0.3 is 6.01 Å². The van der Waals surface area contributed by atoms with E-state index >= 15 is 0 Å². The van der Waals surface area contributed by atoms with Crippen LogP contribution in [0.2, 0.25) is 0 Å². The van der Waals surface area contributed by atoms with E-state index in [0.29, 0.717) is 16.8 Å². The quantitative estimate of drug-likeness (QED) is 0.803. The van der Waals surface area contributed by atoms with E-state index in [1.165, 1.54) is 14.2 Å². The summed E-state index contributed by atoms with van der Waals surface area (Å²) in [5.74, 6) is 0.391. The van der Waals surface area contributed by atoms with Gasteiger partial charge in [-0.1, -0.05) is 6.07 Å². The van der Waals surface area contributed by atoms with Crippen LogP contribution in [0.15, 0.2) is 18.2 Å². The van der Waals surface area contributed by atoms with Crippen LogP contribution in [0.4, 0.5) is 0 Å². The van der Waals surface area contributed by atoms with Crippen LogP contribution >= 0.6 is 0 Å². The maximum atomic E-state index is 9.65. The van der Waals surface area contributed by atoms with Crippen molar-refractivity contribution in [1.29, 1.82) is 0 Å². The van der Waals surface area contributed by atoms with Crippen LogP contribution in [-0.4, -0.2) is 29.3 Å². The summed E-state index contributed by atoms with van der Waals surface area (Å²) in [7, 11) is 2.96. The first-order valence-corrected chi connectivity index (χ1v) is 4.34. The van der Waals surface area contributed by atoms with Crippen LogP contribution in [0, 0.1) is 0 Å². The van der Waals surface area contributed by atoms with Gasteiger partial charge in [-0.15, -0.1) is 0 Å². The molecule has 5 nitrogen and oxygen atoms in total. The van der Waals surface area contributed by atoms with E-state index in [1.54, 1.807) is 18.2 Å². The smallest absolute Gasteiger partial charge is 0.320 e. The monoisotopic (exact) mass is 206 g/mol. The lowest BCUT2D eigenvalue weighted by Crippen LogP contribution is -1.96. The van der Waals surface area contributed by atoms with E-state index in [2.05, 4.69) is 9.97 Å². The Morgan fingerprint density at radius 1 is 1.13 bits per heavy atom. The van der Waals surface area contributed by atoms with Crippen molar-refractivity contribution in [2.24, 2.45) is 0 Å². The number of fused-ring (bicyclic) bond motifs is 1. The maximum Gasteiger partial charge on any atom is 0.320 e. The van der Waals surface area contributed by atoms with Gasteiger partial charge in [0.15, 0.2) is 0 Å². The van der Waals surface area contributed by atoms with Crippen molar-refractivity contribution >= 4 is 10.9 Å². The highest BCUT2D eigenvalue weighted by atomic mass is 16.5. The number of hydrogen-bond donors (Lipinski definition) is 1. The predicted octanol–water partition coefficient (Wildman–Crippen LogP) is 1.35. The lowest BCUT2D eigenvalue weighted by Gasteiger charge is -2.07. The normalized spacial score (nSPS) is 10.3. The highest BCUT2D eigenvalue weighted by Gasteiger charge is 2.11. The van der Waals surface area contributed by atoms with Gasteiger partial charge in [0.25, 0.3) is 0 Å². The fourth-order valence-corrected chi connectivity index (χ4v) is 1.35. The van der Waals surface area contributed by atoms with Crippen LogP contribution in [0.1, 0.15) is 0 Å². The minimum atomic E-state index is 0.0898. The second-order valence-electron chi connectivity index (χ2n) is 2.89. The summed E-state index contributed by atoms with van der Waals surface area (Å²) >= 11 is 0. The third-order valence-corrected chi connectivity index (χ3v) is 2.02. The molecule has 0 spiro atoms.